The number of hydrogen-bond donors (Lipinski definition) is 1. The largest absolute Gasteiger partial charge is 0.383 e. The zero-order chi connectivity index (χ0) is 9.42. The lowest BCUT2D eigenvalue weighted by Crippen LogP contribution is -1.95. The molecular formula is C9H10IN3. The molecule has 0 radical (unpaired) electrons. The molecule has 2 heterocycles. The molecule has 2 aromatic rings. The number of nitrogen functional groups attached to an aromatic ring is 1. The molecule has 0 bridgehead atoms. The van der Waals surface area contributed by atoms with Gasteiger partial charge in [0.2, 0.25) is 0 Å². The van der Waals surface area contributed by atoms with Crippen molar-refractivity contribution in [3.05, 3.63) is 27.6 Å². The van der Waals surface area contributed by atoms with E-state index in [4.69, 9.17) is 5.73 Å². The number of nitrogens with two attached hydrogens (primary N) is 1. The van der Waals surface area contributed by atoms with Crippen molar-refractivity contribution in [2.75, 3.05) is 5.73 Å². The smallest absolute Gasteiger partial charge is 0.138 e. The maximum atomic E-state index is 5.92. The zero-order valence-electron chi connectivity index (χ0n) is 7.29. The Balaban J connectivity index is 2.77. The number of hydrogen-bond acceptors (Lipinski definition) is 2. The average Bonchev–Trinajstić information content (AvgIpc) is 2.44. The molecule has 4 heteroatoms. The summed E-state index contributed by atoms with van der Waals surface area (Å²) in [5.41, 5.74) is 7.82. The van der Waals surface area contributed by atoms with Gasteiger partial charge in [0.05, 0.1) is 5.69 Å². The van der Waals surface area contributed by atoms with E-state index in [1.54, 1.807) is 0 Å². The van der Waals surface area contributed by atoms with Gasteiger partial charge in [0.25, 0.3) is 0 Å². The highest BCUT2D eigenvalue weighted by atomic mass is 127. The van der Waals surface area contributed by atoms with Crippen molar-refractivity contribution in [1.29, 1.82) is 0 Å². The second-order valence-electron chi connectivity index (χ2n) is 2.87. The molecule has 0 atom stereocenters. The molecule has 0 amide bonds. The Morgan fingerprint density at radius 2 is 2.31 bits per heavy atom. The van der Waals surface area contributed by atoms with Gasteiger partial charge in [-0.1, -0.05) is 6.92 Å². The van der Waals surface area contributed by atoms with Crippen molar-refractivity contribution in [2.45, 2.75) is 13.3 Å². The molecule has 0 spiro atoms. The van der Waals surface area contributed by atoms with Gasteiger partial charge in [-0.3, -0.25) is 4.40 Å². The normalized spacial score (nSPS) is 10.9. The highest BCUT2D eigenvalue weighted by molar-refractivity contribution is 14.1. The molecule has 0 aromatic carbocycles. The van der Waals surface area contributed by atoms with Crippen LogP contribution in [0.1, 0.15) is 12.6 Å². The van der Waals surface area contributed by atoms with E-state index in [1.165, 1.54) is 0 Å². The third-order valence-corrected chi connectivity index (χ3v) is 2.67. The molecule has 0 unspecified atom stereocenters. The minimum atomic E-state index is 0.760. The molecular weight excluding hydrogens is 277 g/mol. The van der Waals surface area contributed by atoms with Crippen LogP contribution in [0, 0.1) is 3.57 Å². The lowest BCUT2D eigenvalue weighted by atomic mass is 10.3. The molecule has 3 nitrogen and oxygen atoms in total. The van der Waals surface area contributed by atoms with Crippen LogP contribution in [-0.2, 0) is 6.42 Å². The number of aromatic nitrogens is 2. The van der Waals surface area contributed by atoms with E-state index in [0.29, 0.717) is 0 Å². The van der Waals surface area contributed by atoms with E-state index < -0.39 is 0 Å². The van der Waals surface area contributed by atoms with Gasteiger partial charge in [-0.25, -0.2) is 4.98 Å². The number of fused-ring (bicyclic) bond motifs is 1. The van der Waals surface area contributed by atoms with Crippen LogP contribution < -0.4 is 5.73 Å². The zero-order valence-corrected chi connectivity index (χ0v) is 9.45. The molecule has 0 aliphatic carbocycles. The van der Waals surface area contributed by atoms with E-state index >= 15 is 0 Å². The first-order chi connectivity index (χ1) is 6.22. The molecule has 0 fully saturated rings. The summed E-state index contributed by atoms with van der Waals surface area (Å²) < 4.78 is 3.09. The lowest BCUT2D eigenvalue weighted by molar-refractivity contribution is 1.07. The third-order valence-electron chi connectivity index (χ3n) is 2.03. The van der Waals surface area contributed by atoms with Gasteiger partial charge in [-0.05, 0) is 41.1 Å². The van der Waals surface area contributed by atoms with Crippen LogP contribution in [0.25, 0.3) is 5.65 Å². The number of pyridine rings is 1. The van der Waals surface area contributed by atoms with Gasteiger partial charge < -0.3 is 5.73 Å². The summed E-state index contributed by atoms with van der Waals surface area (Å²) in [6, 6.07) is 4.01. The second-order valence-corrected chi connectivity index (χ2v) is 4.12. The number of halogens is 1. The number of nitrogens with zero attached hydrogens (tertiary/aromatic N) is 2. The van der Waals surface area contributed by atoms with Crippen LogP contribution >= 0.6 is 22.6 Å². The number of anilines is 1. The summed E-state index contributed by atoms with van der Waals surface area (Å²) in [7, 11) is 0. The van der Waals surface area contributed by atoms with Gasteiger partial charge in [-0.15, -0.1) is 0 Å². The van der Waals surface area contributed by atoms with Crippen LogP contribution in [0.4, 0.5) is 5.82 Å². The fraction of sp³-hybridized carbons (Fsp3) is 0.222. The van der Waals surface area contributed by atoms with Crippen LogP contribution in [0.5, 0.6) is 0 Å². The number of rotatable bonds is 1. The summed E-state index contributed by atoms with van der Waals surface area (Å²) in [6.07, 6.45) is 2.88. The van der Waals surface area contributed by atoms with Gasteiger partial charge in [0, 0.05) is 9.77 Å². The Morgan fingerprint density at radius 1 is 1.54 bits per heavy atom. The van der Waals surface area contributed by atoms with Crippen LogP contribution in [0.15, 0.2) is 18.3 Å². The quantitative estimate of drug-likeness (QED) is 0.816. The van der Waals surface area contributed by atoms with Crippen LogP contribution in [0.3, 0.4) is 0 Å². The van der Waals surface area contributed by atoms with Crippen molar-refractivity contribution in [3.63, 3.8) is 0 Å². The maximum absolute atomic E-state index is 5.92. The van der Waals surface area contributed by atoms with Gasteiger partial charge in [-0.2, -0.15) is 0 Å². The first kappa shape index (κ1) is 8.80. The molecule has 0 aliphatic rings. The van der Waals surface area contributed by atoms with Crippen LogP contribution in [-0.4, -0.2) is 9.38 Å². The average molecular weight is 287 g/mol. The van der Waals surface area contributed by atoms with Gasteiger partial charge >= 0.3 is 0 Å². The number of aryl methyl sites for hydroxylation is 1. The van der Waals surface area contributed by atoms with E-state index in [9.17, 15) is 0 Å². The van der Waals surface area contributed by atoms with Gasteiger partial charge in [0.1, 0.15) is 11.5 Å². The highest BCUT2D eigenvalue weighted by Gasteiger charge is 2.06. The first-order valence-corrected chi connectivity index (χ1v) is 5.22. The van der Waals surface area contributed by atoms with Crippen LogP contribution in [0.2, 0.25) is 0 Å². The predicted molar refractivity (Wildman–Crippen MR) is 61.7 cm³/mol. The summed E-state index contributed by atoms with van der Waals surface area (Å²) in [4.78, 5) is 4.41. The fourth-order valence-electron chi connectivity index (χ4n) is 1.35. The third kappa shape index (κ3) is 1.39. The Morgan fingerprint density at radius 3 is 3.00 bits per heavy atom. The van der Waals surface area contributed by atoms with Gasteiger partial charge in [0.15, 0.2) is 0 Å². The summed E-state index contributed by atoms with van der Waals surface area (Å²) in [5, 5.41) is 0. The highest BCUT2D eigenvalue weighted by Crippen LogP contribution is 2.16. The van der Waals surface area contributed by atoms with Crippen molar-refractivity contribution < 1.29 is 0 Å². The molecule has 0 aliphatic heterocycles. The van der Waals surface area contributed by atoms with Crippen molar-refractivity contribution in [1.82, 2.24) is 9.38 Å². The Labute approximate surface area is 90.1 Å². The van der Waals surface area contributed by atoms with E-state index in [0.717, 1.165) is 27.1 Å². The molecule has 68 valence electrons. The molecule has 0 saturated carbocycles. The Bertz CT molecular complexity index is 447. The minimum Gasteiger partial charge on any atom is -0.383 e. The molecule has 2 aromatic heterocycles. The van der Waals surface area contributed by atoms with E-state index in [2.05, 4.69) is 34.5 Å². The second kappa shape index (κ2) is 3.17. The number of imidazole rings is 1. The summed E-state index contributed by atoms with van der Waals surface area (Å²) in [6.45, 7) is 2.06. The first-order valence-electron chi connectivity index (χ1n) is 4.14. The van der Waals surface area contributed by atoms with E-state index in [1.807, 2.05) is 22.7 Å². The van der Waals surface area contributed by atoms with Crippen molar-refractivity contribution in [2.24, 2.45) is 0 Å². The lowest BCUT2D eigenvalue weighted by Gasteiger charge is -1.96. The van der Waals surface area contributed by atoms with Crippen molar-refractivity contribution in [3.8, 4) is 0 Å². The molecule has 2 N–H and O–H groups in total. The predicted octanol–water partition coefficient (Wildman–Crippen LogP) is 2.08. The molecule has 0 saturated heterocycles. The maximum Gasteiger partial charge on any atom is 0.138 e. The summed E-state index contributed by atoms with van der Waals surface area (Å²) >= 11 is 2.26. The Hall–Kier alpha value is -0.780. The topological polar surface area (TPSA) is 43.3 Å². The minimum absolute atomic E-state index is 0.760. The monoisotopic (exact) mass is 287 g/mol. The van der Waals surface area contributed by atoms with E-state index in [-0.39, 0.29) is 0 Å². The fourth-order valence-corrected chi connectivity index (χ4v) is 1.80. The molecule has 2 rings (SSSR count). The Kier molecular flexibility index (Phi) is 2.15. The van der Waals surface area contributed by atoms with Crippen molar-refractivity contribution >= 4 is 34.1 Å². The standard InChI is InChI=1S/C9H10IN3/c1-2-7-9(11)13-5-6(10)3-4-8(13)12-7/h3-5H,2,11H2,1H3. The molecule has 13 heavy (non-hydrogen) atoms. The SMILES string of the molecule is CCc1nc2ccc(I)cn2c1N. The summed E-state index contributed by atoms with van der Waals surface area (Å²) in [5.74, 6) is 0.760.